The first kappa shape index (κ1) is 21.2. The van der Waals surface area contributed by atoms with Crippen molar-refractivity contribution in [1.29, 1.82) is 0 Å². The molecule has 0 saturated heterocycles. The van der Waals surface area contributed by atoms with E-state index < -0.39 is 0 Å². The van der Waals surface area contributed by atoms with Crippen LogP contribution < -0.4 is 15.6 Å². The predicted molar refractivity (Wildman–Crippen MR) is 117 cm³/mol. The summed E-state index contributed by atoms with van der Waals surface area (Å²) < 4.78 is 21.4. The zero-order valence-electron chi connectivity index (χ0n) is 17.7. The summed E-state index contributed by atoms with van der Waals surface area (Å²) >= 11 is 0. The Bertz CT molecular complexity index is 1330. The van der Waals surface area contributed by atoms with Crippen molar-refractivity contribution in [2.24, 2.45) is 0 Å². The highest BCUT2D eigenvalue weighted by atomic mass is 19.1. The van der Waals surface area contributed by atoms with E-state index in [0.29, 0.717) is 29.1 Å². The average molecular weight is 435 g/mol. The first-order valence-electron chi connectivity index (χ1n) is 10.1. The fourth-order valence-electron chi connectivity index (χ4n) is 3.43. The van der Waals surface area contributed by atoms with Gasteiger partial charge in [-0.3, -0.25) is 14.2 Å². The van der Waals surface area contributed by atoms with E-state index in [1.807, 2.05) is 24.3 Å². The van der Waals surface area contributed by atoms with E-state index in [9.17, 15) is 14.0 Å². The molecule has 0 saturated carbocycles. The molecule has 0 fully saturated rings. The molecule has 32 heavy (non-hydrogen) atoms. The minimum absolute atomic E-state index is 0.129. The predicted octanol–water partition coefficient (Wildman–Crippen LogP) is 2.74. The van der Waals surface area contributed by atoms with Crippen LogP contribution in [0.2, 0.25) is 0 Å². The molecule has 2 heterocycles. The molecule has 2 aromatic heterocycles. The molecule has 0 aliphatic carbocycles. The molecule has 2 aromatic carbocycles. The summed E-state index contributed by atoms with van der Waals surface area (Å²) in [5.74, 6) is 0.647. The maximum absolute atomic E-state index is 13.2. The van der Waals surface area contributed by atoms with E-state index >= 15 is 0 Å². The highest BCUT2D eigenvalue weighted by Crippen LogP contribution is 2.15. The van der Waals surface area contributed by atoms with Gasteiger partial charge in [-0.15, -0.1) is 0 Å². The summed E-state index contributed by atoms with van der Waals surface area (Å²) in [5.41, 5.74) is 1.63. The first-order valence-corrected chi connectivity index (χ1v) is 10.1. The van der Waals surface area contributed by atoms with Gasteiger partial charge < -0.3 is 10.1 Å². The number of nitrogens with one attached hydrogen (secondary N) is 1. The summed E-state index contributed by atoms with van der Waals surface area (Å²) in [6.07, 6.45) is 1.57. The Labute approximate surface area is 183 Å². The van der Waals surface area contributed by atoms with Gasteiger partial charge in [0.1, 0.15) is 22.8 Å². The molecular formula is C23H22FN5O3. The van der Waals surface area contributed by atoms with Crippen molar-refractivity contribution in [3.05, 3.63) is 82.3 Å². The molecule has 164 valence electrons. The van der Waals surface area contributed by atoms with Gasteiger partial charge >= 0.3 is 0 Å². The Kier molecular flexibility index (Phi) is 5.98. The zero-order valence-corrected chi connectivity index (χ0v) is 17.7. The third kappa shape index (κ3) is 4.36. The summed E-state index contributed by atoms with van der Waals surface area (Å²) in [4.78, 5) is 29.8. The van der Waals surface area contributed by atoms with E-state index in [1.165, 1.54) is 27.6 Å². The second-order valence-corrected chi connectivity index (χ2v) is 7.26. The summed E-state index contributed by atoms with van der Waals surface area (Å²) in [7, 11) is 1.59. The van der Waals surface area contributed by atoms with Gasteiger partial charge in [0.15, 0.2) is 5.65 Å². The highest BCUT2D eigenvalue weighted by molar-refractivity contribution is 5.76. The summed E-state index contributed by atoms with van der Waals surface area (Å²) in [5, 5.41) is 7.42. The largest absolute Gasteiger partial charge is 0.497 e. The summed E-state index contributed by atoms with van der Waals surface area (Å²) in [6, 6.07) is 13.2. The molecule has 9 heteroatoms. The molecule has 4 rings (SSSR count). The molecule has 1 amide bonds. The number of carbonyl (C=O) groups is 1. The van der Waals surface area contributed by atoms with Gasteiger partial charge in [0, 0.05) is 19.5 Å². The number of carbonyl (C=O) groups excluding carboxylic acids is 1. The maximum atomic E-state index is 13.2. The number of hydrogen-bond acceptors (Lipinski definition) is 5. The smallest absolute Gasteiger partial charge is 0.264 e. The van der Waals surface area contributed by atoms with E-state index in [-0.39, 0.29) is 30.2 Å². The minimum atomic E-state index is -0.360. The van der Waals surface area contributed by atoms with Crippen LogP contribution in [0.4, 0.5) is 4.39 Å². The molecule has 4 aromatic rings. The average Bonchev–Trinajstić information content (AvgIpc) is 3.22. The Morgan fingerprint density at radius 3 is 2.72 bits per heavy atom. The quantitative estimate of drug-likeness (QED) is 0.482. The van der Waals surface area contributed by atoms with E-state index in [0.717, 1.165) is 11.3 Å². The fraction of sp³-hybridized carbons (Fsp3) is 0.217. The van der Waals surface area contributed by atoms with Crippen LogP contribution in [0.3, 0.4) is 0 Å². The van der Waals surface area contributed by atoms with E-state index in [1.54, 1.807) is 26.2 Å². The van der Waals surface area contributed by atoms with Crippen molar-refractivity contribution in [3.63, 3.8) is 0 Å². The Morgan fingerprint density at radius 2 is 1.97 bits per heavy atom. The Morgan fingerprint density at radius 1 is 1.19 bits per heavy atom. The van der Waals surface area contributed by atoms with Crippen LogP contribution >= 0.6 is 0 Å². The van der Waals surface area contributed by atoms with Gasteiger partial charge in [-0.25, -0.2) is 14.1 Å². The number of amides is 1. The number of benzene rings is 2. The Balaban J connectivity index is 1.48. The molecular weight excluding hydrogens is 413 g/mol. The van der Waals surface area contributed by atoms with Crippen LogP contribution in [0.1, 0.15) is 17.8 Å². The van der Waals surface area contributed by atoms with Crippen LogP contribution in [0.15, 0.2) is 59.5 Å². The number of fused-ring (bicyclic) bond motifs is 1. The van der Waals surface area contributed by atoms with Crippen LogP contribution in [0.5, 0.6) is 5.75 Å². The monoisotopic (exact) mass is 435 g/mol. The number of methoxy groups -OCH3 is 1. The van der Waals surface area contributed by atoms with Gasteiger partial charge in [-0.05, 0) is 48.9 Å². The van der Waals surface area contributed by atoms with Crippen molar-refractivity contribution in [1.82, 2.24) is 24.6 Å². The van der Waals surface area contributed by atoms with Crippen molar-refractivity contribution in [3.8, 4) is 11.4 Å². The van der Waals surface area contributed by atoms with Crippen LogP contribution in [-0.2, 0) is 17.9 Å². The number of rotatable bonds is 7. The second kappa shape index (κ2) is 9.01. The second-order valence-electron chi connectivity index (χ2n) is 7.26. The van der Waals surface area contributed by atoms with E-state index in [2.05, 4.69) is 15.4 Å². The lowest BCUT2D eigenvalue weighted by atomic mass is 10.2. The van der Waals surface area contributed by atoms with Gasteiger partial charge in [-0.2, -0.15) is 5.10 Å². The number of nitrogens with zero attached hydrogens (tertiary/aromatic N) is 4. The molecule has 1 N–H and O–H groups in total. The standard InChI is InChI=1S/C23H22FN5O3/c1-15-27-22-20(14-26-29(22)18-8-6-17(24)7-9-18)23(31)28(15)11-10-21(30)25-13-16-4-3-5-19(12-16)32-2/h3-9,12,14H,10-11,13H2,1-2H3,(H,25,30). The number of ether oxygens (including phenoxy) is 1. The molecule has 0 unspecified atom stereocenters. The van der Waals surface area contributed by atoms with Crippen molar-refractivity contribution < 1.29 is 13.9 Å². The molecule has 0 bridgehead atoms. The van der Waals surface area contributed by atoms with Crippen molar-refractivity contribution >= 4 is 16.9 Å². The van der Waals surface area contributed by atoms with E-state index in [4.69, 9.17) is 4.74 Å². The van der Waals surface area contributed by atoms with Gasteiger partial charge in [-0.1, -0.05) is 12.1 Å². The van der Waals surface area contributed by atoms with Crippen molar-refractivity contribution in [2.45, 2.75) is 26.4 Å². The Hall–Kier alpha value is -4.01. The SMILES string of the molecule is COc1cccc(CNC(=O)CCn2c(C)nc3c(cnn3-c3ccc(F)cc3)c2=O)c1. The normalized spacial score (nSPS) is 11.0. The highest BCUT2D eigenvalue weighted by Gasteiger charge is 2.15. The van der Waals surface area contributed by atoms with Crippen molar-refractivity contribution in [2.75, 3.05) is 7.11 Å². The van der Waals surface area contributed by atoms with Gasteiger partial charge in [0.05, 0.1) is 19.0 Å². The number of halogens is 1. The maximum Gasteiger partial charge on any atom is 0.264 e. The lowest BCUT2D eigenvalue weighted by molar-refractivity contribution is -0.121. The van der Waals surface area contributed by atoms with Crippen LogP contribution in [-0.4, -0.2) is 32.3 Å². The minimum Gasteiger partial charge on any atom is -0.497 e. The third-order valence-electron chi connectivity index (χ3n) is 5.14. The van der Waals surface area contributed by atoms with Crippen LogP contribution in [0.25, 0.3) is 16.7 Å². The topological polar surface area (TPSA) is 91.0 Å². The molecule has 0 atom stereocenters. The summed E-state index contributed by atoms with van der Waals surface area (Å²) in [6.45, 7) is 2.27. The first-order chi connectivity index (χ1) is 15.5. The third-order valence-corrected chi connectivity index (χ3v) is 5.14. The lowest BCUT2D eigenvalue weighted by Gasteiger charge is -2.11. The zero-order chi connectivity index (χ0) is 22.7. The fourth-order valence-corrected chi connectivity index (χ4v) is 3.43. The van der Waals surface area contributed by atoms with Crippen LogP contribution in [0, 0.1) is 12.7 Å². The lowest BCUT2D eigenvalue weighted by Crippen LogP contribution is -2.29. The number of aryl methyl sites for hydroxylation is 1. The molecule has 0 radical (unpaired) electrons. The number of aromatic nitrogens is 4. The van der Waals surface area contributed by atoms with Gasteiger partial charge in [0.25, 0.3) is 5.56 Å². The molecule has 0 aliphatic heterocycles. The molecule has 8 nitrogen and oxygen atoms in total. The van der Waals surface area contributed by atoms with Gasteiger partial charge in [0.2, 0.25) is 5.91 Å². The molecule has 0 spiro atoms. The number of hydrogen-bond donors (Lipinski definition) is 1. The molecule has 0 aliphatic rings.